The lowest BCUT2D eigenvalue weighted by molar-refractivity contribution is -0.145. The molecule has 9 heteroatoms. The third-order valence-corrected chi connectivity index (χ3v) is 8.75. The number of halogens is 2. The first-order valence-electron chi connectivity index (χ1n) is 11.2. The molecule has 3 N–H and O–H groups in total. The lowest BCUT2D eigenvalue weighted by Crippen LogP contribution is -2.50. The monoisotopic (exact) mass is 496 g/mol. The quantitative estimate of drug-likeness (QED) is 0.661. The van der Waals surface area contributed by atoms with Gasteiger partial charge in [-0.15, -0.1) is 36.2 Å². The average Bonchev–Trinajstić information content (AvgIpc) is 3.50. The van der Waals surface area contributed by atoms with E-state index in [-0.39, 0.29) is 36.3 Å². The van der Waals surface area contributed by atoms with Gasteiger partial charge in [-0.25, -0.2) is 4.98 Å². The minimum Gasteiger partial charge on any atom is -0.384 e. The Hall–Kier alpha value is -1.38. The van der Waals surface area contributed by atoms with Crippen molar-refractivity contribution >= 4 is 47.9 Å². The molecule has 0 unspecified atom stereocenters. The second-order valence-electron chi connectivity index (χ2n) is 9.20. The number of carbonyl (C=O) groups excluding carboxylic acids is 1. The van der Waals surface area contributed by atoms with Crippen molar-refractivity contribution in [3.05, 3.63) is 34.7 Å². The number of thiophene rings is 1. The maximum Gasteiger partial charge on any atom is 0.227 e. The standard InChI is InChI=1S/C23H28N4O2S.2ClH/c24-21-3-1-2-18(26-21)20-13-16-19(30-20)6-11-29-23(16)7-9-27(10-8-23)22(28)15-12-14-4-5-17(15)25-14;;/h1-3,13-15,17,25H,4-12H2,(H2,24,26);2*1H/t14-,15+,17+;;/m1../s1. The molecule has 2 aromatic heterocycles. The molecule has 6 heterocycles. The number of rotatable bonds is 2. The number of nitrogens with zero attached hydrogens (tertiary/aromatic N) is 2. The molecule has 0 saturated carbocycles. The van der Waals surface area contributed by atoms with Crippen LogP contribution in [0.4, 0.5) is 5.82 Å². The molecule has 3 fully saturated rings. The largest absolute Gasteiger partial charge is 0.384 e. The fraction of sp³-hybridized carbons (Fsp3) is 0.565. The van der Waals surface area contributed by atoms with E-state index < -0.39 is 0 Å². The van der Waals surface area contributed by atoms with Gasteiger partial charge in [0, 0.05) is 36.5 Å². The number of pyridine rings is 1. The van der Waals surface area contributed by atoms with Crippen molar-refractivity contribution in [2.45, 2.75) is 56.2 Å². The van der Waals surface area contributed by atoms with Gasteiger partial charge in [0.1, 0.15) is 5.82 Å². The zero-order valence-electron chi connectivity index (χ0n) is 17.9. The van der Waals surface area contributed by atoms with E-state index in [1.807, 2.05) is 29.5 Å². The molecule has 2 bridgehead atoms. The van der Waals surface area contributed by atoms with Crippen LogP contribution < -0.4 is 11.1 Å². The normalized spacial score (nSPS) is 27.5. The minimum atomic E-state index is -0.258. The summed E-state index contributed by atoms with van der Waals surface area (Å²) in [5, 5.41) is 3.60. The fourth-order valence-corrected chi connectivity index (χ4v) is 7.17. The summed E-state index contributed by atoms with van der Waals surface area (Å²) in [7, 11) is 0. The van der Waals surface area contributed by atoms with Gasteiger partial charge in [-0.2, -0.15) is 0 Å². The summed E-state index contributed by atoms with van der Waals surface area (Å²) in [6.07, 6.45) is 6.11. The van der Waals surface area contributed by atoms with Gasteiger partial charge in [-0.1, -0.05) is 6.07 Å². The highest BCUT2D eigenvalue weighted by molar-refractivity contribution is 7.15. The zero-order chi connectivity index (χ0) is 20.3. The number of piperidine rings is 1. The van der Waals surface area contributed by atoms with Gasteiger partial charge in [0.25, 0.3) is 0 Å². The van der Waals surface area contributed by atoms with E-state index >= 15 is 0 Å². The van der Waals surface area contributed by atoms with Gasteiger partial charge in [0.05, 0.1) is 28.7 Å². The molecule has 4 aliphatic heterocycles. The van der Waals surface area contributed by atoms with E-state index in [1.165, 1.54) is 16.9 Å². The van der Waals surface area contributed by atoms with E-state index in [1.54, 1.807) is 0 Å². The summed E-state index contributed by atoms with van der Waals surface area (Å²) in [4.78, 5) is 22.3. The lowest BCUT2D eigenvalue weighted by atomic mass is 9.81. The van der Waals surface area contributed by atoms with Crippen molar-refractivity contribution in [3.63, 3.8) is 0 Å². The number of amides is 1. The van der Waals surface area contributed by atoms with Crippen LogP contribution in [0, 0.1) is 5.92 Å². The molecule has 0 aliphatic carbocycles. The summed E-state index contributed by atoms with van der Waals surface area (Å²) in [6, 6.07) is 9.02. The number of hydrogen-bond donors (Lipinski definition) is 2. The third kappa shape index (κ3) is 3.92. The van der Waals surface area contributed by atoms with Gasteiger partial charge in [0.2, 0.25) is 5.91 Å². The van der Waals surface area contributed by atoms with E-state index in [9.17, 15) is 4.79 Å². The first kappa shape index (κ1) is 23.8. The van der Waals surface area contributed by atoms with Gasteiger partial charge < -0.3 is 20.7 Å². The van der Waals surface area contributed by atoms with Crippen LogP contribution in [0.3, 0.4) is 0 Å². The molecule has 0 aromatic carbocycles. The number of nitrogens with two attached hydrogens (primary N) is 1. The van der Waals surface area contributed by atoms with Gasteiger partial charge >= 0.3 is 0 Å². The van der Waals surface area contributed by atoms with Crippen LogP contribution in [-0.2, 0) is 21.6 Å². The van der Waals surface area contributed by atoms with Crippen molar-refractivity contribution in [3.8, 4) is 10.6 Å². The fourth-order valence-electron chi connectivity index (χ4n) is 5.97. The number of nitrogen functional groups attached to an aromatic ring is 1. The highest BCUT2D eigenvalue weighted by atomic mass is 35.5. The Morgan fingerprint density at radius 3 is 2.75 bits per heavy atom. The highest BCUT2D eigenvalue weighted by Gasteiger charge is 2.47. The van der Waals surface area contributed by atoms with Crippen LogP contribution in [0.5, 0.6) is 0 Å². The molecule has 174 valence electrons. The van der Waals surface area contributed by atoms with Crippen molar-refractivity contribution in [1.29, 1.82) is 0 Å². The maximum atomic E-state index is 13.2. The zero-order valence-corrected chi connectivity index (χ0v) is 20.4. The van der Waals surface area contributed by atoms with Gasteiger partial charge in [0.15, 0.2) is 0 Å². The number of fused-ring (bicyclic) bond motifs is 4. The summed E-state index contributed by atoms with van der Waals surface area (Å²) in [5.41, 5.74) is 7.88. The minimum absolute atomic E-state index is 0. The molecule has 6 rings (SSSR count). The number of aromatic nitrogens is 1. The van der Waals surface area contributed by atoms with Crippen LogP contribution in [-0.4, -0.2) is 47.6 Å². The topological polar surface area (TPSA) is 80.5 Å². The van der Waals surface area contributed by atoms with Crippen molar-refractivity contribution in [2.24, 2.45) is 5.92 Å². The summed E-state index contributed by atoms with van der Waals surface area (Å²) in [6.45, 7) is 2.32. The van der Waals surface area contributed by atoms with Crippen molar-refractivity contribution < 1.29 is 9.53 Å². The number of nitrogens with one attached hydrogen (secondary N) is 1. The summed E-state index contributed by atoms with van der Waals surface area (Å²) < 4.78 is 6.42. The van der Waals surface area contributed by atoms with Crippen molar-refractivity contribution in [1.82, 2.24) is 15.2 Å². The first-order chi connectivity index (χ1) is 14.6. The van der Waals surface area contributed by atoms with Crippen LogP contribution in [0.2, 0.25) is 0 Å². The Labute approximate surface area is 205 Å². The van der Waals surface area contributed by atoms with Gasteiger partial charge in [-0.05, 0) is 55.9 Å². The average molecular weight is 497 g/mol. The molecule has 2 aromatic rings. The second-order valence-corrected chi connectivity index (χ2v) is 10.3. The maximum absolute atomic E-state index is 13.2. The van der Waals surface area contributed by atoms with Crippen LogP contribution >= 0.6 is 36.2 Å². The SMILES string of the molecule is Cl.Cl.Nc1cccc(-c2cc3c(s2)CCOC32CCN(C(=O)[C@H]3C[C@H]4CC[C@@H]3N4)CC2)n1. The molecule has 3 saturated heterocycles. The Bertz CT molecular complexity index is 992. The number of hydrogen-bond acceptors (Lipinski definition) is 6. The number of anilines is 1. The second kappa shape index (κ2) is 9.11. The first-order valence-corrected chi connectivity index (χ1v) is 12.0. The molecule has 4 aliphatic rings. The third-order valence-electron chi connectivity index (χ3n) is 7.53. The molecule has 1 amide bonds. The summed E-state index contributed by atoms with van der Waals surface area (Å²) >= 11 is 1.81. The predicted octanol–water partition coefficient (Wildman–Crippen LogP) is 3.77. The predicted molar refractivity (Wildman–Crippen MR) is 132 cm³/mol. The molecule has 32 heavy (non-hydrogen) atoms. The van der Waals surface area contributed by atoms with Crippen molar-refractivity contribution in [2.75, 3.05) is 25.4 Å². The van der Waals surface area contributed by atoms with E-state index in [4.69, 9.17) is 10.5 Å². The summed E-state index contributed by atoms with van der Waals surface area (Å²) in [5.74, 6) is 1.09. The highest BCUT2D eigenvalue weighted by Crippen LogP contribution is 2.47. The molecule has 1 spiro atoms. The number of ether oxygens (including phenoxy) is 1. The Kier molecular flexibility index (Phi) is 6.76. The Balaban J connectivity index is 0.00000122. The van der Waals surface area contributed by atoms with E-state index in [2.05, 4.69) is 21.3 Å². The number of likely N-dealkylation sites (tertiary alicyclic amines) is 1. The molecular weight excluding hydrogens is 467 g/mol. The molecule has 3 atom stereocenters. The van der Waals surface area contributed by atoms with E-state index in [0.29, 0.717) is 23.8 Å². The smallest absolute Gasteiger partial charge is 0.227 e. The molecule has 6 nitrogen and oxygen atoms in total. The van der Waals surface area contributed by atoms with E-state index in [0.717, 1.165) is 62.4 Å². The number of carbonyl (C=O) groups is 1. The van der Waals surface area contributed by atoms with Crippen LogP contribution in [0.15, 0.2) is 24.3 Å². The van der Waals surface area contributed by atoms with Crippen LogP contribution in [0.25, 0.3) is 10.6 Å². The molecule has 0 radical (unpaired) electrons. The van der Waals surface area contributed by atoms with Gasteiger partial charge in [-0.3, -0.25) is 4.79 Å². The molecular formula is C23H30Cl2N4O2S. The van der Waals surface area contributed by atoms with Crippen LogP contribution in [0.1, 0.15) is 42.5 Å². The Morgan fingerprint density at radius 1 is 1.25 bits per heavy atom. The lowest BCUT2D eigenvalue weighted by Gasteiger charge is -2.44. The Morgan fingerprint density at radius 2 is 2.06 bits per heavy atom.